The molecule has 1 fully saturated rings. The molecule has 0 saturated carbocycles. The number of amides is 1. The van der Waals surface area contributed by atoms with E-state index in [0.29, 0.717) is 13.2 Å². The molecule has 0 aliphatic carbocycles. The van der Waals surface area contributed by atoms with Gasteiger partial charge in [-0.25, -0.2) is 8.78 Å². The van der Waals surface area contributed by atoms with Gasteiger partial charge in [-0.2, -0.15) is 0 Å². The second-order valence-electron chi connectivity index (χ2n) is 5.83. The number of carbonyl (C=O) groups excluding carboxylic acids is 1. The van der Waals surface area contributed by atoms with Gasteiger partial charge >= 0.3 is 5.97 Å². The monoisotopic (exact) mass is 341 g/mol. The molecular formula is C17H21F2NO4. The average Bonchev–Trinajstić information content (AvgIpc) is 3.05. The van der Waals surface area contributed by atoms with Crippen LogP contribution in [0.4, 0.5) is 8.78 Å². The van der Waals surface area contributed by atoms with Crippen LogP contribution in [0.2, 0.25) is 0 Å². The molecule has 5 nitrogen and oxygen atoms in total. The van der Waals surface area contributed by atoms with E-state index in [1.165, 1.54) is 17.0 Å². The summed E-state index contributed by atoms with van der Waals surface area (Å²) in [5.74, 6) is -3.16. The van der Waals surface area contributed by atoms with Crippen molar-refractivity contribution in [3.8, 4) is 0 Å². The number of nitrogens with zero attached hydrogens (tertiary/aromatic N) is 1. The molecule has 1 N–H and O–H groups in total. The summed E-state index contributed by atoms with van der Waals surface area (Å²) in [6, 6.07) is 3.86. The molecule has 0 aromatic heterocycles. The molecule has 1 saturated heterocycles. The Bertz CT molecular complexity index is 588. The zero-order valence-corrected chi connectivity index (χ0v) is 13.3. The minimum Gasteiger partial charge on any atom is -0.481 e. The van der Waals surface area contributed by atoms with Crippen molar-refractivity contribution in [3.05, 3.63) is 35.4 Å². The molecule has 1 aromatic rings. The molecule has 24 heavy (non-hydrogen) atoms. The molecule has 1 amide bonds. The van der Waals surface area contributed by atoms with Crippen molar-refractivity contribution < 1.29 is 28.2 Å². The van der Waals surface area contributed by atoms with E-state index in [4.69, 9.17) is 9.84 Å². The lowest BCUT2D eigenvalue weighted by Crippen LogP contribution is -2.39. The molecule has 2 rings (SSSR count). The molecule has 0 spiro atoms. The summed E-state index contributed by atoms with van der Waals surface area (Å²) in [5.41, 5.74) is 0.138. The highest BCUT2D eigenvalue weighted by molar-refractivity contribution is 5.77. The number of halogens is 2. The molecule has 0 unspecified atom stereocenters. The van der Waals surface area contributed by atoms with Crippen LogP contribution in [-0.4, -0.2) is 47.7 Å². The van der Waals surface area contributed by atoms with Gasteiger partial charge in [-0.15, -0.1) is 0 Å². The lowest BCUT2D eigenvalue weighted by Gasteiger charge is -2.25. The van der Waals surface area contributed by atoms with Crippen LogP contribution in [0.5, 0.6) is 0 Å². The minimum atomic E-state index is -0.990. The number of hydrogen-bond acceptors (Lipinski definition) is 3. The third-order valence-corrected chi connectivity index (χ3v) is 4.04. The quantitative estimate of drug-likeness (QED) is 0.788. The highest BCUT2D eigenvalue weighted by Crippen LogP contribution is 2.16. The summed E-state index contributed by atoms with van der Waals surface area (Å²) in [6.45, 7) is 1.05. The smallest absolute Gasteiger partial charge is 0.305 e. The van der Waals surface area contributed by atoms with E-state index in [9.17, 15) is 18.4 Å². The van der Waals surface area contributed by atoms with Crippen LogP contribution in [0.3, 0.4) is 0 Å². The Kier molecular flexibility index (Phi) is 6.66. The van der Waals surface area contributed by atoms with E-state index in [2.05, 4.69) is 0 Å². The van der Waals surface area contributed by atoms with Crippen molar-refractivity contribution in [2.24, 2.45) is 0 Å². The summed E-state index contributed by atoms with van der Waals surface area (Å²) < 4.78 is 32.3. The van der Waals surface area contributed by atoms with Crippen LogP contribution < -0.4 is 0 Å². The van der Waals surface area contributed by atoms with Crippen molar-refractivity contribution in [1.82, 2.24) is 4.90 Å². The number of aliphatic carboxylic acids is 1. The highest BCUT2D eigenvalue weighted by atomic mass is 19.2. The van der Waals surface area contributed by atoms with E-state index in [0.717, 1.165) is 18.9 Å². The summed E-state index contributed by atoms with van der Waals surface area (Å²) >= 11 is 0. The van der Waals surface area contributed by atoms with Crippen LogP contribution in [0.1, 0.15) is 31.2 Å². The van der Waals surface area contributed by atoms with Gasteiger partial charge in [-0.1, -0.05) is 12.1 Å². The van der Waals surface area contributed by atoms with Gasteiger partial charge in [0.1, 0.15) is 0 Å². The molecule has 1 aromatic carbocycles. The third-order valence-electron chi connectivity index (χ3n) is 4.04. The SMILES string of the molecule is O=C(O)CCN(C[C@@H]1CCCO1)C(=O)CCc1cccc(F)c1F. The summed E-state index contributed by atoms with van der Waals surface area (Å²) in [5, 5.41) is 8.82. The van der Waals surface area contributed by atoms with Crippen molar-refractivity contribution in [1.29, 1.82) is 0 Å². The number of aryl methyl sites for hydroxylation is 1. The number of ether oxygens (including phenoxy) is 1. The second kappa shape index (κ2) is 8.73. The van der Waals surface area contributed by atoms with E-state index < -0.39 is 17.6 Å². The molecule has 0 radical (unpaired) electrons. The maximum absolute atomic E-state index is 13.6. The Morgan fingerprint density at radius 1 is 1.29 bits per heavy atom. The van der Waals surface area contributed by atoms with Crippen LogP contribution >= 0.6 is 0 Å². The number of rotatable bonds is 8. The second-order valence-corrected chi connectivity index (χ2v) is 5.83. The van der Waals surface area contributed by atoms with Crippen LogP contribution in [0.25, 0.3) is 0 Å². The topological polar surface area (TPSA) is 66.8 Å². The Morgan fingerprint density at radius 2 is 2.08 bits per heavy atom. The number of carboxylic acid groups (broad SMARTS) is 1. The molecular weight excluding hydrogens is 320 g/mol. The third kappa shape index (κ3) is 5.26. The number of carboxylic acids is 1. The van der Waals surface area contributed by atoms with Gasteiger partial charge in [-0.05, 0) is 30.9 Å². The van der Waals surface area contributed by atoms with Gasteiger partial charge < -0.3 is 14.7 Å². The van der Waals surface area contributed by atoms with Crippen molar-refractivity contribution in [2.75, 3.05) is 19.7 Å². The maximum Gasteiger partial charge on any atom is 0.305 e. The summed E-state index contributed by atoms with van der Waals surface area (Å²) in [6.07, 6.45) is 1.56. The van der Waals surface area contributed by atoms with E-state index in [-0.39, 0.29) is 43.4 Å². The first-order valence-corrected chi connectivity index (χ1v) is 8.01. The van der Waals surface area contributed by atoms with E-state index in [1.807, 2.05) is 0 Å². The maximum atomic E-state index is 13.6. The Hall–Kier alpha value is -2.02. The Morgan fingerprint density at radius 3 is 2.75 bits per heavy atom. The van der Waals surface area contributed by atoms with Crippen LogP contribution in [0.15, 0.2) is 18.2 Å². The predicted molar refractivity (Wildman–Crippen MR) is 82.5 cm³/mol. The molecule has 0 bridgehead atoms. The lowest BCUT2D eigenvalue weighted by molar-refractivity contribution is -0.139. The van der Waals surface area contributed by atoms with Gasteiger partial charge in [0.25, 0.3) is 0 Å². The van der Waals surface area contributed by atoms with Gasteiger partial charge in [0.05, 0.1) is 12.5 Å². The fourth-order valence-corrected chi connectivity index (χ4v) is 2.72. The van der Waals surface area contributed by atoms with E-state index >= 15 is 0 Å². The average molecular weight is 341 g/mol. The number of benzene rings is 1. The van der Waals surface area contributed by atoms with Gasteiger partial charge in [0.2, 0.25) is 5.91 Å². The normalized spacial score (nSPS) is 17.0. The lowest BCUT2D eigenvalue weighted by atomic mass is 10.1. The first-order valence-electron chi connectivity index (χ1n) is 8.01. The molecule has 7 heteroatoms. The first-order chi connectivity index (χ1) is 11.5. The molecule has 132 valence electrons. The van der Waals surface area contributed by atoms with Crippen molar-refractivity contribution in [3.63, 3.8) is 0 Å². The Balaban J connectivity index is 1.94. The van der Waals surface area contributed by atoms with E-state index in [1.54, 1.807) is 0 Å². The van der Waals surface area contributed by atoms with Gasteiger partial charge in [-0.3, -0.25) is 9.59 Å². The van der Waals surface area contributed by atoms with Gasteiger partial charge in [0, 0.05) is 26.1 Å². The van der Waals surface area contributed by atoms with Crippen molar-refractivity contribution in [2.45, 2.75) is 38.2 Å². The van der Waals surface area contributed by atoms with Crippen molar-refractivity contribution >= 4 is 11.9 Å². The fourth-order valence-electron chi connectivity index (χ4n) is 2.72. The molecule has 1 atom stereocenters. The largest absolute Gasteiger partial charge is 0.481 e. The number of hydrogen-bond donors (Lipinski definition) is 1. The highest BCUT2D eigenvalue weighted by Gasteiger charge is 2.23. The zero-order chi connectivity index (χ0) is 17.5. The standard InChI is InChI=1S/C17H21F2NO4/c18-14-5-1-3-12(17(14)19)6-7-15(21)20(9-8-16(22)23)11-13-4-2-10-24-13/h1,3,5,13H,2,4,6-11H2,(H,22,23)/t13-/m0/s1. The first kappa shape index (κ1) is 18.3. The van der Waals surface area contributed by atoms with Gasteiger partial charge in [0.15, 0.2) is 11.6 Å². The minimum absolute atomic E-state index is 0.00723. The molecule has 1 heterocycles. The summed E-state index contributed by atoms with van der Waals surface area (Å²) in [7, 11) is 0. The van der Waals surface area contributed by atoms with Crippen LogP contribution in [-0.2, 0) is 20.7 Å². The number of carbonyl (C=O) groups is 2. The zero-order valence-electron chi connectivity index (χ0n) is 13.3. The predicted octanol–water partition coefficient (Wildman–Crippen LogP) is 2.38. The Labute approximate surface area is 139 Å². The fraction of sp³-hybridized carbons (Fsp3) is 0.529. The summed E-state index contributed by atoms with van der Waals surface area (Å²) in [4.78, 5) is 24.6. The van der Waals surface area contributed by atoms with Crippen LogP contribution in [0, 0.1) is 11.6 Å². The molecule has 1 aliphatic heterocycles. The molecule has 1 aliphatic rings.